The second-order valence-corrected chi connectivity index (χ2v) is 6.58. The number of carbonyl (C=O) groups excluding carboxylic acids is 1. The molecule has 1 N–H and O–H groups in total. The van der Waals surface area contributed by atoms with E-state index in [4.69, 9.17) is 0 Å². The molecule has 0 spiro atoms. The van der Waals surface area contributed by atoms with Crippen LogP contribution in [-0.4, -0.2) is 25.5 Å². The number of benzene rings is 1. The summed E-state index contributed by atoms with van der Waals surface area (Å²) in [6, 6.07) is 12.4. The molecule has 7 nitrogen and oxygen atoms in total. The molecule has 2 aromatic heterocycles. The van der Waals surface area contributed by atoms with Crippen LogP contribution in [0.5, 0.6) is 0 Å². The predicted octanol–water partition coefficient (Wildman–Crippen LogP) is 2.14. The number of hydrogen-bond donors (Lipinski definition) is 1. The van der Waals surface area contributed by atoms with Gasteiger partial charge in [-0.25, -0.2) is 4.68 Å². The van der Waals surface area contributed by atoms with Crippen LogP contribution in [0.1, 0.15) is 29.9 Å². The van der Waals surface area contributed by atoms with Crippen LogP contribution < -0.4 is 10.9 Å². The number of nitrogens with one attached hydrogen (secondary N) is 1. The topological polar surface area (TPSA) is 81.8 Å². The fourth-order valence-electron chi connectivity index (χ4n) is 3.24. The van der Waals surface area contributed by atoms with E-state index in [0.29, 0.717) is 5.69 Å². The summed E-state index contributed by atoms with van der Waals surface area (Å²) in [5.74, 6) is -0.273. The minimum absolute atomic E-state index is 0.137. The van der Waals surface area contributed by atoms with Crippen LogP contribution in [0.25, 0.3) is 11.3 Å². The third-order valence-corrected chi connectivity index (χ3v) is 4.61. The Bertz CT molecular complexity index is 1020. The molecule has 3 aromatic rings. The van der Waals surface area contributed by atoms with Crippen molar-refractivity contribution in [2.24, 2.45) is 7.05 Å². The average Bonchev–Trinajstić information content (AvgIpc) is 2.89. The summed E-state index contributed by atoms with van der Waals surface area (Å²) in [7, 11) is 1.87. The molecule has 27 heavy (non-hydrogen) atoms. The number of carbonyl (C=O) groups is 1. The molecule has 0 saturated carbocycles. The van der Waals surface area contributed by atoms with Crippen LogP contribution in [0.4, 0.5) is 0 Å². The van der Waals surface area contributed by atoms with Gasteiger partial charge >= 0.3 is 0 Å². The maximum atomic E-state index is 12.5. The molecule has 0 bridgehead atoms. The molecule has 7 heteroatoms. The minimum Gasteiger partial charge on any atom is -0.348 e. The van der Waals surface area contributed by atoms with Gasteiger partial charge in [0.25, 0.3) is 5.56 Å². The average molecular weight is 365 g/mol. The standard InChI is InChI=1S/C20H23N5O2/c1-13(20-14(2)22-24(4)15(20)3)21-18(26)12-25-19(27)11-10-17(23-25)16-8-6-5-7-9-16/h5-11,13H,12H2,1-4H3,(H,21,26). The maximum Gasteiger partial charge on any atom is 0.267 e. The second kappa shape index (κ2) is 7.57. The first-order valence-corrected chi connectivity index (χ1v) is 8.80. The highest BCUT2D eigenvalue weighted by atomic mass is 16.2. The van der Waals surface area contributed by atoms with Gasteiger partial charge in [0, 0.05) is 29.9 Å². The highest BCUT2D eigenvalue weighted by molar-refractivity contribution is 5.76. The molecule has 0 aliphatic carbocycles. The number of aromatic nitrogens is 4. The molecule has 0 aliphatic heterocycles. The fourth-order valence-corrected chi connectivity index (χ4v) is 3.24. The molecular formula is C20H23N5O2. The minimum atomic E-state index is -0.314. The molecule has 3 rings (SSSR count). The Hall–Kier alpha value is -3.22. The molecule has 1 unspecified atom stereocenters. The molecule has 0 fully saturated rings. The van der Waals surface area contributed by atoms with Gasteiger partial charge in [-0.2, -0.15) is 10.2 Å². The molecule has 1 atom stereocenters. The van der Waals surface area contributed by atoms with E-state index in [9.17, 15) is 9.59 Å². The second-order valence-electron chi connectivity index (χ2n) is 6.58. The van der Waals surface area contributed by atoms with Crippen molar-refractivity contribution in [1.82, 2.24) is 24.9 Å². The Kier molecular flexibility index (Phi) is 5.21. The van der Waals surface area contributed by atoms with E-state index in [1.54, 1.807) is 10.7 Å². The van der Waals surface area contributed by atoms with Gasteiger partial charge in [-0.3, -0.25) is 14.3 Å². The van der Waals surface area contributed by atoms with Crippen LogP contribution >= 0.6 is 0 Å². The van der Waals surface area contributed by atoms with Crippen LogP contribution in [0.15, 0.2) is 47.3 Å². The zero-order valence-corrected chi connectivity index (χ0v) is 15.9. The summed E-state index contributed by atoms with van der Waals surface area (Å²) >= 11 is 0. The number of aryl methyl sites for hydroxylation is 2. The predicted molar refractivity (Wildman–Crippen MR) is 103 cm³/mol. The van der Waals surface area contributed by atoms with Gasteiger partial charge in [0.15, 0.2) is 0 Å². The van der Waals surface area contributed by atoms with Gasteiger partial charge in [0.05, 0.1) is 17.4 Å². The van der Waals surface area contributed by atoms with Crippen molar-refractivity contribution < 1.29 is 4.79 Å². The largest absolute Gasteiger partial charge is 0.348 e. The molecule has 140 valence electrons. The number of amides is 1. The van der Waals surface area contributed by atoms with Gasteiger partial charge < -0.3 is 5.32 Å². The van der Waals surface area contributed by atoms with Crippen molar-refractivity contribution in [3.05, 3.63) is 69.8 Å². The quantitative estimate of drug-likeness (QED) is 0.751. The summed E-state index contributed by atoms with van der Waals surface area (Å²) in [6.45, 7) is 5.65. The molecule has 1 aromatic carbocycles. The molecule has 0 aliphatic rings. The van der Waals surface area contributed by atoms with Crippen molar-refractivity contribution in [3.8, 4) is 11.3 Å². The van der Waals surface area contributed by atoms with Crippen molar-refractivity contribution in [2.75, 3.05) is 0 Å². The number of rotatable bonds is 5. The fraction of sp³-hybridized carbons (Fsp3) is 0.300. The van der Waals surface area contributed by atoms with Crippen LogP contribution in [0.3, 0.4) is 0 Å². The maximum absolute atomic E-state index is 12.5. The van der Waals surface area contributed by atoms with Gasteiger partial charge in [0.2, 0.25) is 5.91 Å². The van der Waals surface area contributed by atoms with E-state index in [-0.39, 0.29) is 24.1 Å². The Morgan fingerprint density at radius 2 is 1.81 bits per heavy atom. The lowest BCUT2D eigenvalue weighted by Crippen LogP contribution is -2.35. The summed E-state index contributed by atoms with van der Waals surface area (Å²) in [6.07, 6.45) is 0. The van der Waals surface area contributed by atoms with Gasteiger partial charge in [-0.15, -0.1) is 0 Å². The molecule has 2 heterocycles. The van der Waals surface area contributed by atoms with Gasteiger partial charge in [0.1, 0.15) is 6.54 Å². The third-order valence-electron chi connectivity index (χ3n) is 4.61. The van der Waals surface area contributed by atoms with Gasteiger partial charge in [-0.1, -0.05) is 30.3 Å². The zero-order chi connectivity index (χ0) is 19.6. The Labute approximate surface area is 157 Å². The van der Waals surface area contributed by atoms with E-state index >= 15 is 0 Å². The Balaban J connectivity index is 1.77. The lowest BCUT2D eigenvalue weighted by molar-refractivity contribution is -0.122. The first kappa shape index (κ1) is 18.6. The van der Waals surface area contributed by atoms with Crippen molar-refractivity contribution in [3.63, 3.8) is 0 Å². The summed E-state index contributed by atoms with van der Waals surface area (Å²) in [4.78, 5) is 24.6. The van der Waals surface area contributed by atoms with Crippen molar-refractivity contribution in [1.29, 1.82) is 0 Å². The summed E-state index contributed by atoms with van der Waals surface area (Å²) < 4.78 is 2.98. The Morgan fingerprint density at radius 1 is 1.11 bits per heavy atom. The lowest BCUT2D eigenvalue weighted by atomic mass is 10.1. The van der Waals surface area contributed by atoms with Crippen LogP contribution in [-0.2, 0) is 18.4 Å². The van der Waals surface area contributed by atoms with E-state index in [2.05, 4.69) is 15.5 Å². The van der Waals surface area contributed by atoms with E-state index in [0.717, 1.165) is 22.5 Å². The first-order valence-electron chi connectivity index (χ1n) is 8.80. The third kappa shape index (κ3) is 3.97. The number of nitrogens with zero attached hydrogens (tertiary/aromatic N) is 4. The summed E-state index contributed by atoms with van der Waals surface area (Å²) in [5.41, 5.74) is 4.10. The van der Waals surface area contributed by atoms with Crippen molar-refractivity contribution in [2.45, 2.75) is 33.4 Å². The lowest BCUT2D eigenvalue weighted by Gasteiger charge is -2.15. The number of hydrogen-bond acceptors (Lipinski definition) is 4. The highest BCUT2D eigenvalue weighted by Gasteiger charge is 2.18. The monoisotopic (exact) mass is 365 g/mol. The molecular weight excluding hydrogens is 342 g/mol. The molecule has 0 saturated heterocycles. The van der Waals surface area contributed by atoms with Crippen LogP contribution in [0, 0.1) is 13.8 Å². The SMILES string of the molecule is Cc1nn(C)c(C)c1C(C)NC(=O)Cn1nc(-c2ccccc2)ccc1=O. The molecule has 1 amide bonds. The first-order chi connectivity index (χ1) is 12.9. The normalized spacial score (nSPS) is 12.0. The van der Waals surface area contributed by atoms with E-state index < -0.39 is 0 Å². The Morgan fingerprint density at radius 3 is 2.44 bits per heavy atom. The summed E-state index contributed by atoms with van der Waals surface area (Å²) in [5, 5.41) is 11.6. The van der Waals surface area contributed by atoms with E-state index in [1.165, 1.54) is 10.7 Å². The zero-order valence-electron chi connectivity index (χ0n) is 15.9. The van der Waals surface area contributed by atoms with Crippen LogP contribution in [0.2, 0.25) is 0 Å². The highest BCUT2D eigenvalue weighted by Crippen LogP contribution is 2.20. The van der Waals surface area contributed by atoms with Crippen molar-refractivity contribution >= 4 is 5.91 Å². The molecule has 0 radical (unpaired) electrons. The van der Waals surface area contributed by atoms with Gasteiger partial charge in [-0.05, 0) is 26.8 Å². The van der Waals surface area contributed by atoms with E-state index in [1.807, 2.05) is 58.2 Å². The smallest absolute Gasteiger partial charge is 0.267 e.